The number of aliphatic imine (C=N–C) groups is 1. The molecule has 3 rings (SSSR count). The van der Waals surface area contributed by atoms with Gasteiger partial charge in [-0.2, -0.15) is 0 Å². The monoisotopic (exact) mass is 406 g/mol. The number of ether oxygens (including phenoxy) is 1. The molecule has 0 spiro atoms. The average Bonchev–Trinajstić information content (AvgIpc) is 3.00. The van der Waals surface area contributed by atoms with Crippen LogP contribution in [0.15, 0.2) is 29.3 Å². The van der Waals surface area contributed by atoms with Gasteiger partial charge in [0.2, 0.25) is 0 Å². The molecular weight excluding hydrogens is 379 g/mol. The molecule has 0 saturated carbocycles. The molecule has 2 unspecified atom stereocenters. The number of carbonyl (C=O) groups excluding carboxylic acids is 2. The van der Waals surface area contributed by atoms with Gasteiger partial charge >= 0.3 is 6.03 Å². The fourth-order valence-corrected chi connectivity index (χ4v) is 3.72. The topological polar surface area (TPSA) is 85.7 Å². The van der Waals surface area contributed by atoms with Crippen LogP contribution in [0, 0.1) is 5.82 Å². The molecule has 1 saturated heterocycles. The number of aliphatic hydroxyl groups is 1. The molecule has 1 N–H and O–H groups in total. The number of carbonyl (C=O) groups is 2. The number of imide groups is 1. The minimum Gasteiger partial charge on any atom is -0.465 e. The molecule has 0 aromatic heterocycles. The second kappa shape index (κ2) is 8.36. The number of aliphatic hydroxyl groups excluding tert-OH is 1. The van der Waals surface area contributed by atoms with Crippen molar-refractivity contribution >= 4 is 18.0 Å². The number of halogens is 1. The molecule has 2 aliphatic heterocycles. The van der Waals surface area contributed by atoms with Gasteiger partial charge in [0.1, 0.15) is 5.82 Å². The smallest absolute Gasteiger partial charge is 0.328 e. The van der Waals surface area contributed by atoms with Crippen LogP contribution in [0.3, 0.4) is 0 Å². The van der Waals surface area contributed by atoms with Crippen LogP contribution in [-0.4, -0.2) is 76.3 Å². The van der Waals surface area contributed by atoms with Crippen LogP contribution in [0.5, 0.6) is 0 Å². The summed E-state index contributed by atoms with van der Waals surface area (Å²) < 4.78 is 19.1. The molecule has 0 radical (unpaired) electrons. The van der Waals surface area contributed by atoms with Crippen molar-refractivity contribution in [2.24, 2.45) is 4.99 Å². The van der Waals surface area contributed by atoms with E-state index in [9.17, 15) is 14.0 Å². The molecule has 158 valence electrons. The van der Waals surface area contributed by atoms with E-state index in [1.54, 1.807) is 31.0 Å². The number of nitrogens with zero attached hydrogens (tertiary/aromatic N) is 4. The number of rotatable bonds is 7. The molecule has 2 aliphatic rings. The van der Waals surface area contributed by atoms with Crippen LogP contribution < -0.4 is 0 Å². The first-order valence-corrected chi connectivity index (χ1v) is 9.76. The van der Waals surface area contributed by atoms with Crippen LogP contribution in [0.2, 0.25) is 0 Å². The van der Waals surface area contributed by atoms with Crippen LogP contribution in [0.4, 0.5) is 9.18 Å². The Kier molecular flexibility index (Phi) is 6.07. The van der Waals surface area contributed by atoms with E-state index in [0.717, 1.165) is 16.9 Å². The summed E-state index contributed by atoms with van der Waals surface area (Å²) in [6, 6.07) is 5.86. The van der Waals surface area contributed by atoms with Crippen LogP contribution in [0.25, 0.3) is 0 Å². The maximum atomic E-state index is 13.4. The number of hydrogen-bond donors (Lipinski definition) is 1. The fraction of sp³-hybridized carbons (Fsp3) is 0.550. The zero-order valence-corrected chi connectivity index (χ0v) is 17.0. The van der Waals surface area contributed by atoms with E-state index in [1.165, 1.54) is 17.0 Å². The standard InChI is InChI=1S/C20H27FN4O4/c1-4-12-29-18-22-16-20(2,25(18)13-14-6-8-15(21)9-7-14)17(27)24(10-5-11-26)19(28)23(16)3/h6-9,16,26H,4-5,10-13H2,1-3H3. The predicted molar refractivity (Wildman–Crippen MR) is 104 cm³/mol. The summed E-state index contributed by atoms with van der Waals surface area (Å²) in [5.74, 6) is -0.732. The van der Waals surface area contributed by atoms with E-state index in [4.69, 9.17) is 9.84 Å². The summed E-state index contributed by atoms with van der Waals surface area (Å²) in [5, 5.41) is 9.15. The third kappa shape index (κ3) is 3.66. The Balaban J connectivity index is 1.98. The summed E-state index contributed by atoms with van der Waals surface area (Å²) in [4.78, 5) is 35.1. The number of benzene rings is 1. The number of likely N-dealkylation sites (N-methyl/N-ethyl adjacent to an activating group) is 1. The van der Waals surface area contributed by atoms with Crippen LogP contribution >= 0.6 is 0 Å². The number of hydrogen-bond acceptors (Lipinski definition) is 6. The van der Waals surface area contributed by atoms with E-state index in [0.29, 0.717) is 19.0 Å². The molecule has 0 aliphatic carbocycles. The quantitative estimate of drug-likeness (QED) is 0.746. The highest BCUT2D eigenvalue weighted by Crippen LogP contribution is 2.38. The molecule has 1 aromatic carbocycles. The molecular formula is C20H27FN4O4. The number of amidine groups is 1. The molecule has 0 bridgehead atoms. The van der Waals surface area contributed by atoms with Crippen molar-refractivity contribution in [3.05, 3.63) is 35.6 Å². The first-order chi connectivity index (χ1) is 13.8. The highest BCUT2D eigenvalue weighted by molar-refractivity contribution is 6.05. The Labute approximate surface area is 169 Å². The molecule has 2 atom stereocenters. The van der Waals surface area contributed by atoms with Gasteiger partial charge in [-0.05, 0) is 37.5 Å². The predicted octanol–water partition coefficient (Wildman–Crippen LogP) is 1.79. The Bertz CT molecular complexity index is 800. The van der Waals surface area contributed by atoms with Gasteiger partial charge in [0.05, 0.1) is 6.61 Å². The second-order valence-electron chi connectivity index (χ2n) is 7.42. The summed E-state index contributed by atoms with van der Waals surface area (Å²) in [6.07, 6.45) is 0.320. The largest absolute Gasteiger partial charge is 0.465 e. The maximum absolute atomic E-state index is 13.4. The van der Waals surface area contributed by atoms with Crippen molar-refractivity contribution in [3.63, 3.8) is 0 Å². The van der Waals surface area contributed by atoms with E-state index >= 15 is 0 Å². The van der Waals surface area contributed by atoms with Gasteiger partial charge in [-0.25, -0.2) is 14.2 Å². The van der Waals surface area contributed by atoms with E-state index < -0.39 is 17.7 Å². The third-order valence-corrected chi connectivity index (χ3v) is 5.33. The summed E-state index contributed by atoms with van der Waals surface area (Å²) in [5.41, 5.74) is -0.384. The van der Waals surface area contributed by atoms with E-state index in [-0.39, 0.29) is 31.4 Å². The van der Waals surface area contributed by atoms with Gasteiger partial charge in [-0.3, -0.25) is 9.69 Å². The van der Waals surface area contributed by atoms with E-state index in [1.807, 2.05) is 6.92 Å². The Morgan fingerprint density at radius 2 is 1.97 bits per heavy atom. The van der Waals surface area contributed by atoms with Crippen molar-refractivity contribution in [3.8, 4) is 0 Å². The highest BCUT2D eigenvalue weighted by Gasteiger charge is 2.61. The average molecular weight is 406 g/mol. The van der Waals surface area contributed by atoms with Gasteiger partial charge in [0, 0.05) is 26.7 Å². The van der Waals surface area contributed by atoms with Gasteiger partial charge < -0.3 is 19.6 Å². The summed E-state index contributed by atoms with van der Waals surface area (Å²) >= 11 is 0. The minimum absolute atomic E-state index is 0.121. The Hall–Kier alpha value is -2.68. The van der Waals surface area contributed by atoms with Crippen molar-refractivity contribution in [2.75, 3.05) is 26.8 Å². The lowest BCUT2D eigenvalue weighted by atomic mass is 9.91. The fourth-order valence-electron chi connectivity index (χ4n) is 3.72. The zero-order chi connectivity index (χ0) is 21.2. The molecule has 3 amide bonds. The van der Waals surface area contributed by atoms with Gasteiger partial charge in [0.15, 0.2) is 11.7 Å². The van der Waals surface area contributed by atoms with Crippen molar-refractivity contribution in [2.45, 2.75) is 44.9 Å². The van der Waals surface area contributed by atoms with Crippen molar-refractivity contribution in [1.29, 1.82) is 0 Å². The van der Waals surface area contributed by atoms with Crippen molar-refractivity contribution in [1.82, 2.24) is 14.7 Å². The molecule has 1 fully saturated rings. The second-order valence-corrected chi connectivity index (χ2v) is 7.42. The first-order valence-electron chi connectivity index (χ1n) is 9.76. The minimum atomic E-state index is -1.17. The normalized spacial score (nSPS) is 24.1. The highest BCUT2D eigenvalue weighted by atomic mass is 19.1. The van der Waals surface area contributed by atoms with Crippen molar-refractivity contribution < 1.29 is 23.8 Å². The van der Waals surface area contributed by atoms with Crippen LogP contribution in [0.1, 0.15) is 32.3 Å². The molecule has 8 nitrogen and oxygen atoms in total. The SMILES string of the molecule is CCCOC1=NC2N(C)C(=O)N(CCCO)C(=O)C2(C)N1Cc1ccc(F)cc1. The number of amides is 3. The maximum Gasteiger partial charge on any atom is 0.328 e. The lowest BCUT2D eigenvalue weighted by Gasteiger charge is -2.47. The number of urea groups is 1. The molecule has 9 heteroatoms. The van der Waals surface area contributed by atoms with Gasteiger partial charge in [-0.15, -0.1) is 0 Å². The molecule has 29 heavy (non-hydrogen) atoms. The third-order valence-electron chi connectivity index (χ3n) is 5.33. The van der Waals surface area contributed by atoms with E-state index in [2.05, 4.69) is 4.99 Å². The van der Waals surface area contributed by atoms with Crippen LogP contribution in [-0.2, 0) is 16.1 Å². The zero-order valence-electron chi connectivity index (χ0n) is 17.0. The first kappa shape index (κ1) is 21.0. The molecule has 2 heterocycles. The Morgan fingerprint density at radius 1 is 1.28 bits per heavy atom. The van der Waals surface area contributed by atoms with Gasteiger partial charge in [0.25, 0.3) is 11.9 Å². The lowest BCUT2D eigenvalue weighted by Crippen LogP contribution is -2.71. The number of fused-ring (bicyclic) bond motifs is 1. The summed E-state index contributed by atoms with van der Waals surface area (Å²) in [6.45, 7) is 4.40. The lowest BCUT2D eigenvalue weighted by molar-refractivity contribution is -0.146. The molecule has 1 aromatic rings. The summed E-state index contributed by atoms with van der Waals surface area (Å²) in [7, 11) is 1.60. The van der Waals surface area contributed by atoms with Gasteiger partial charge in [-0.1, -0.05) is 19.1 Å². The Morgan fingerprint density at radius 3 is 2.59 bits per heavy atom.